The van der Waals surface area contributed by atoms with Crippen molar-refractivity contribution in [3.8, 4) is 5.75 Å². The van der Waals surface area contributed by atoms with Crippen molar-refractivity contribution in [2.45, 2.75) is 45.1 Å². The highest BCUT2D eigenvalue weighted by Crippen LogP contribution is 2.43. The van der Waals surface area contributed by atoms with Gasteiger partial charge in [0.2, 0.25) is 0 Å². The van der Waals surface area contributed by atoms with E-state index in [9.17, 15) is 22.4 Å². The minimum absolute atomic E-state index is 0.0253. The van der Waals surface area contributed by atoms with Gasteiger partial charge in [-0.05, 0) is 54.2 Å². The highest BCUT2D eigenvalue weighted by molar-refractivity contribution is 7.06. The summed E-state index contributed by atoms with van der Waals surface area (Å²) >= 11 is 6.17. The molecule has 1 aromatic carbocycles. The number of aromatic nitrogens is 1. The molecule has 1 N–H and O–H groups in total. The molecule has 3 rings (SSSR count). The van der Waals surface area contributed by atoms with E-state index < -0.39 is 35.2 Å². The Kier molecular flexibility index (Phi) is 7.00. The van der Waals surface area contributed by atoms with Crippen molar-refractivity contribution in [2.24, 2.45) is 5.92 Å². The summed E-state index contributed by atoms with van der Waals surface area (Å²) in [5.74, 6) is -1.17. The maximum Gasteiger partial charge on any atom is 0.427 e. The van der Waals surface area contributed by atoms with Crippen molar-refractivity contribution in [2.75, 3.05) is 0 Å². The molecule has 0 saturated carbocycles. The average Bonchev–Trinajstić information content (AvgIpc) is 3.14. The Labute approximate surface area is 191 Å². The predicted molar refractivity (Wildman–Crippen MR) is 114 cm³/mol. The van der Waals surface area contributed by atoms with Gasteiger partial charge >= 0.3 is 12.1 Å². The first-order valence-electron chi connectivity index (χ1n) is 9.65. The van der Waals surface area contributed by atoms with E-state index in [2.05, 4.69) is 4.37 Å². The summed E-state index contributed by atoms with van der Waals surface area (Å²) in [4.78, 5) is 10.1. The van der Waals surface area contributed by atoms with Crippen LogP contribution in [0.15, 0.2) is 41.4 Å². The smallest absolute Gasteiger partial charge is 0.427 e. The maximum atomic E-state index is 14.6. The number of aliphatic carboxylic acids is 1. The van der Waals surface area contributed by atoms with Gasteiger partial charge in [0.05, 0.1) is 16.6 Å². The van der Waals surface area contributed by atoms with Crippen molar-refractivity contribution in [3.63, 3.8) is 0 Å². The van der Waals surface area contributed by atoms with Gasteiger partial charge in [-0.3, -0.25) is 4.79 Å². The van der Waals surface area contributed by atoms with Gasteiger partial charge in [0.15, 0.2) is 0 Å². The van der Waals surface area contributed by atoms with E-state index in [1.807, 2.05) is 0 Å². The molecule has 1 aromatic heterocycles. The van der Waals surface area contributed by atoms with Gasteiger partial charge < -0.3 is 9.84 Å². The SMILES string of the molecule is CC(Cc1ccc(OCc2c(C3=CC=C(Cl)C(C)(F)C3)nsc2C(F)(F)F)cc1)C(=O)O. The number of alkyl halides is 4. The summed E-state index contributed by atoms with van der Waals surface area (Å²) in [7, 11) is 0. The molecule has 4 nitrogen and oxygen atoms in total. The van der Waals surface area contributed by atoms with Crippen LogP contribution < -0.4 is 4.74 Å². The zero-order valence-electron chi connectivity index (χ0n) is 17.2. The van der Waals surface area contributed by atoms with Gasteiger partial charge in [-0.2, -0.15) is 17.5 Å². The molecule has 2 aromatic rings. The van der Waals surface area contributed by atoms with Crippen molar-refractivity contribution in [3.05, 3.63) is 63.1 Å². The molecule has 0 radical (unpaired) electrons. The van der Waals surface area contributed by atoms with Crippen LogP contribution in [0.2, 0.25) is 0 Å². The zero-order chi connectivity index (χ0) is 23.7. The molecule has 2 unspecified atom stereocenters. The van der Waals surface area contributed by atoms with E-state index in [0.717, 1.165) is 5.56 Å². The van der Waals surface area contributed by atoms with Gasteiger partial charge in [0.1, 0.15) is 22.9 Å². The third-order valence-electron chi connectivity index (χ3n) is 5.07. The quantitative estimate of drug-likeness (QED) is 0.443. The van der Waals surface area contributed by atoms with E-state index >= 15 is 0 Å². The van der Waals surface area contributed by atoms with Crippen molar-refractivity contribution in [1.29, 1.82) is 0 Å². The molecule has 1 aliphatic carbocycles. The second-order valence-electron chi connectivity index (χ2n) is 7.79. The number of carboxylic acids is 1. The highest BCUT2D eigenvalue weighted by Gasteiger charge is 2.40. The van der Waals surface area contributed by atoms with E-state index in [4.69, 9.17) is 21.4 Å². The normalized spacial score (nSPS) is 19.8. The van der Waals surface area contributed by atoms with E-state index in [1.54, 1.807) is 31.2 Å². The summed E-state index contributed by atoms with van der Waals surface area (Å²) in [5, 5.41) is 8.97. The molecule has 1 aliphatic rings. The van der Waals surface area contributed by atoms with Crippen LogP contribution in [0.4, 0.5) is 17.6 Å². The predicted octanol–water partition coefficient (Wildman–Crippen LogP) is 6.64. The topological polar surface area (TPSA) is 59.4 Å². The summed E-state index contributed by atoms with van der Waals surface area (Å²) < 4.78 is 64.8. The molecule has 0 amide bonds. The Hall–Kier alpha value is -2.39. The molecule has 0 saturated heterocycles. The van der Waals surface area contributed by atoms with E-state index in [1.165, 1.54) is 19.1 Å². The minimum atomic E-state index is -4.63. The van der Waals surface area contributed by atoms with Crippen LogP contribution in [0.3, 0.4) is 0 Å². The third-order valence-corrected chi connectivity index (χ3v) is 6.53. The second kappa shape index (κ2) is 9.23. The third kappa shape index (κ3) is 5.50. The lowest BCUT2D eigenvalue weighted by atomic mass is 9.89. The second-order valence-corrected chi connectivity index (χ2v) is 8.97. The Bertz CT molecular complexity index is 1060. The molecule has 2 atom stereocenters. The van der Waals surface area contributed by atoms with Gasteiger partial charge in [-0.1, -0.05) is 36.7 Å². The molecule has 0 bridgehead atoms. The van der Waals surface area contributed by atoms with Gasteiger partial charge in [-0.25, -0.2) is 4.39 Å². The molecule has 0 fully saturated rings. The summed E-state index contributed by atoms with van der Waals surface area (Å²) in [6, 6.07) is 6.46. The fraction of sp³-hybridized carbons (Fsp3) is 0.364. The number of halogens is 5. The van der Waals surface area contributed by atoms with Crippen LogP contribution in [0.1, 0.15) is 42.0 Å². The van der Waals surface area contributed by atoms with Crippen molar-refractivity contribution < 1.29 is 32.2 Å². The van der Waals surface area contributed by atoms with Crippen molar-refractivity contribution in [1.82, 2.24) is 4.37 Å². The fourth-order valence-corrected chi connectivity index (χ4v) is 4.16. The number of rotatable bonds is 7. The maximum absolute atomic E-state index is 14.6. The number of carbonyl (C=O) groups is 1. The summed E-state index contributed by atoms with van der Waals surface area (Å²) in [5.41, 5.74) is -0.950. The summed E-state index contributed by atoms with van der Waals surface area (Å²) in [6.45, 7) is 2.43. The largest absolute Gasteiger partial charge is 0.489 e. The van der Waals surface area contributed by atoms with E-state index in [0.29, 0.717) is 29.3 Å². The Balaban J connectivity index is 1.83. The Morgan fingerprint density at radius 1 is 1.31 bits per heavy atom. The monoisotopic (exact) mass is 489 g/mol. The Morgan fingerprint density at radius 3 is 2.53 bits per heavy atom. The lowest BCUT2D eigenvalue weighted by Crippen LogP contribution is -2.21. The number of ether oxygens (including phenoxy) is 1. The molecule has 10 heteroatoms. The highest BCUT2D eigenvalue weighted by atomic mass is 35.5. The van der Waals surface area contributed by atoms with Crippen LogP contribution in [0, 0.1) is 5.92 Å². The molecular weight excluding hydrogens is 470 g/mol. The average molecular weight is 490 g/mol. The lowest BCUT2D eigenvalue weighted by Gasteiger charge is -2.24. The Morgan fingerprint density at radius 2 is 1.97 bits per heavy atom. The summed E-state index contributed by atoms with van der Waals surface area (Å²) in [6.07, 6.45) is -1.71. The first-order chi connectivity index (χ1) is 14.9. The zero-order valence-corrected chi connectivity index (χ0v) is 18.7. The first kappa shape index (κ1) is 24.3. The van der Waals surface area contributed by atoms with Crippen LogP contribution in [-0.2, 0) is 24.0 Å². The molecular formula is C22H20ClF4NO3S. The van der Waals surface area contributed by atoms with Crippen LogP contribution in [0.5, 0.6) is 5.75 Å². The van der Waals surface area contributed by atoms with Crippen LogP contribution >= 0.6 is 23.1 Å². The van der Waals surface area contributed by atoms with Crippen LogP contribution in [-0.4, -0.2) is 21.1 Å². The minimum Gasteiger partial charge on any atom is -0.489 e. The van der Waals surface area contributed by atoms with Crippen LogP contribution in [0.25, 0.3) is 5.57 Å². The van der Waals surface area contributed by atoms with E-state index in [-0.39, 0.29) is 22.7 Å². The number of allylic oxidation sites excluding steroid dienone is 4. The van der Waals surface area contributed by atoms with Crippen molar-refractivity contribution >= 4 is 34.7 Å². The standard InChI is InChI=1S/C22H20ClF4NO3S/c1-12(20(29)30)9-13-3-6-15(7-4-13)31-11-16-18(28-32-19(16)22(25,26)27)14-5-8-17(23)21(2,24)10-14/h3-8,12H,9-11H2,1-2H3,(H,29,30). The first-order valence-corrected chi connectivity index (χ1v) is 10.8. The van der Waals surface area contributed by atoms with Gasteiger partial charge in [0.25, 0.3) is 0 Å². The van der Waals surface area contributed by atoms with Gasteiger partial charge in [-0.15, -0.1) is 0 Å². The molecule has 1 heterocycles. The number of nitrogens with zero attached hydrogens (tertiary/aromatic N) is 1. The molecule has 32 heavy (non-hydrogen) atoms. The number of hydrogen-bond donors (Lipinski definition) is 1. The molecule has 0 spiro atoms. The lowest BCUT2D eigenvalue weighted by molar-refractivity contribution is -0.141. The van der Waals surface area contributed by atoms with Gasteiger partial charge in [0, 0.05) is 12.0 Å². The number of benzene rings is 1. The fourth-order valence-electron chi connectivity index (χ4n) is 3.25. The number of carboxylic acid groups (broad SMARTS) is 1. The molecule has 0 aliphatic heterocycles. The molecule has 172 valence electrons. The number of hydrogen-bond acceptors (Lipinski definition) is 4.